The first kappa shape index (κ1) is 31.0. The monoisotopic (exact) mass is 585 g/mol. The SMILES string of the molecule is CC[C@@H](C(=O)NC(C)(C)C)N(Cc1ccc(Cl)cc1)C(=O)CN(c1ccc(Oc2ccccc2)cc1)S(C)(=O)=O. The second-order valence-electron chi connectivity index (χ2n) is 10.5. The molecule has 0 saturated carbocycles. The zero-order valence-corrected chi connectivity index (χ0v) is 25.0. The Morgan fingerprint density at radius 1 is 0.925 bits per heavy atom. The Balaban J connectivity index is 1.90. The number of benzene rings is 3. The standard InChI is InChI=1S/C30H36ClN3O5S/c1-6-27(29(36)32-30(2,3)4)33(20-22-12-14-23(31)15-13-22)28(35)21-34(40(5,37)38)24-16-18-26(19-17-24)39-25-10-8-7-9-11-25/h7-19,27H,6,20-21H2,1-5H3,(H,32,36)/t27-/m0/s1. The quantitative estimate of drug-likeness (QED) is 0.315. The molecule has 0 heterocycles. The van der Waals surface area contributed by atoms with E-state index in [1.165, 1.54) is 4.90 Å². The molecule has 0 saturated heterocycles. The highest BCUT2D eigenvalue weighted by Gasteiger charge is 2.33. The minimum atomic E-state index is -3.85. The number of rotatable bonds is 11. The molecule has 2 amide bonds. The number of amides is 2. The summed E-state index contributed by atoms with van der Waals surface area (Å²) in [4.78, 5) is 28.5. The van der Waals surface area contributed by atoms with Crippen LogP contribution in [-0.2, 0) is 26.2 Å². The Morgan fingerprint density at radius 2 is 1.50 bits per heavy atom. The van der Waals surface area contributed by atoms with Crippen LogP contribution in [0.25, 0.3) is 0 Å². The molecule has 3 rings (SSSR count). The van der Waals surface area contributed by atoms with Crippen molar-refractivity contribution in [1.82, 2.24) is 10.2 Å². The third-order valence-corrected chi connectivity index (χ3v) is 7.33. The van der Waals surface area contributed by atoms with Crippen molar-refractivity contribution in [2.45, 2.75) is 52.2 Å². The number of carbonyl (C=O) groups excluding carboxylic acids is 2. The van der Waals surface area contributed by atoms with Gasteiger partial charge in [0.05, 0.1) is 11.9 Å². The van der Waals surface area contributed by atoms with Crippen LogP contribution in [0.15, 0.2) is 78.9 Å². The lowest BCUT2D eigenvalue weighted by molar-refractivity contribution is -0.141. The van der Waals surface area contributed by atoms with E-state index in [4.69, 9.17) is 16.3 Å². The molecule has 3 aromatic rings. The van der Waals surface area contributed by atoms with Gasteiger partial charge in [-0.05, 0) is 81.3 Å². The minimum Gasteiger partial charge on any atom is -0.457 e. The molecule has 1 N–H and O–H groups in total. The Bertz CT molecular complexity index is 1390. The predicted molar refractivity (Wildman–Crippen MR) is 159 cm³/mol. The number of nitrogens with zero attached hydrogens (tertiary/aromatic N) is 2. The first-order chi connectivity index (χ1) is 18.8. The fourth-order valence-electron chi connectivity index (χ4n) is 4.08. The third-order valence-electron chi connectivity index (χ3n) is 5.93. The highest BCUT2D eigenvalue weighted by Crippen LogP contribution is 2.26. The third kappa shape index (κ3) is 8.99. The molecule has 0 spiro atoms. The van der Waals surface area contributed by atoms with E-state index in [9.17, 15) is 18.0 Å². The average Bonchev–Trinajstić information content (AvgIpc) is 2.87. The summed E-state index contributed by atoms with van der Waals surface area (Å²) in [6, 6.07) is 21.8. The smallest absolute Gasteiger partial charge is 0.244 e. The van der Waals surface area contributed by atoms with Crippen LogP contribution in [-0.4, -0.2) is 49.5 Å². The molecule has 0 fully saturated rings. The van der Waals surface area contributed by atoms with E-state index in [-0.39, 0.29) is 12.5 Å². The summed E-state index contributed by atoms with van der Waals surface area (Å²) < 4.78 is 32.5. The van der Waals surface area contributed by atoms with Gasteiger partial charge in [0.1, 0.15) is 24.1 Å². The number of hydrogen-bond donors (Lipinski definition) is 1. The van der Waals surface area contributed by atoms with E-state index in [2.05, 4.69) is 5.32 Å². The van der Waals surface area contributed by atoms with Crippen molar-refractivity contribution in [2.24, 2.45) is 0 Å². The van der Waals surface area contributed by atoms with Crippen LogP contribution in [0.4, 0.5) is 5.69 Å². The van der Waals surface area contributed by atoms with Crippen LogP contribution < -0.4 is 14.4 Å². The van der Waals surface area contributed by atoms with Gasteiger partial charge < -0.3 is 15.0 Å². The second-order valence-corrected chi connectivity index (χ2v) is 12.8. The van der Waals surface area contributed by atoms with Gasteiger partial charge in [-0.15, -0.1) is 0 Å². The molecule has 40 heavy (non-hydrogen) atoms. The van der Waals surface area contributed by atoms with Crippen molar-refractivity contribution >= 4 is 39.1 Å². The van der Waals surface area contributed by atoms with E-state index >= 15 is 0 Å². The highest BCUT2D eigenvalue weighted by molar-refractivity contribution is 7.92. The van der Waals surface area contributed by atoms with E-state index < -0.39 is 34.1 Å². The van der Waals surface area contributed by atoms with Crippen molar-refractivity contribution in [3.63, 3.8) is 0 Å². The molecule has 0 radical (unpaired) electrons. The Labute approximate surface area is 241 Å². The first-order valence-electron chi connectivity index (χ1n) is 12.9. The maximum absolute atomic E-state index is 13.8. The molecular formula is C30H36ClN3O5S. The molecule has 0 aliphatic heterocycles. The summed E-state index contributed by atoms with van der Waals surface area (Å²) >= 11 is 6.04. The minimum absolute atomic E-state index is 0.105. The summed E-state index contributed by atoms with van der Waals surface area (Å²) in [5.41, 5.74) is 0.546. The summed E-state index contributed by atoms with van der Waals surface area (Å²) in [6.07, 6.45) is 1.38. The lowest BCUT2D eigenvalue weighted by Gasteiger charge is -2.34. The van der Waals surface area contributed by atoms with Crippen LogP contribution in [0.2, 0.25) is 5.02 Å². The Hall–Kier alpha value is -3.56. The summed E-state index contributed by atoms with van der Waals surface area (Å²) in [7, 11) is -3.85. The fourth-order valence-corrected chi connectivity index (χ4v) is 5.05. The van der Waals surface area contributed by atoms with Gasteiger partial charge in [-0.25, -0.2) is 8.42 Å². The highest BCUT2D eigenvalue weighted by atomic mass is 35.5. The topological polar surface area (TPSA) is 96.0 Å². The number of nitrogens with one attached hydrogen (secondary N) is 1. The molecule has 10 heteroatoms. The molecule has 3 aromatic carbocycles. The number of hydrogen-bond acceptors (Lipinski definition) is 5. The fraction of sp³-hybridized carbons (Fsp3) is 0.333. The van der Waals surface area contributed by atoms with Gasteiger partial charge in [-0.2, -0.15) is 0 Å². The normalized spacial score (nSPS) is 12.3. The zero-order valence-electron chi connectivity index (χ0n) is 23.4. The van der Waals surface area contributed by atoms with Crippen LogP contribution in [0.3, 0.4) is 0 Å². The molecule has 0 bridgehead atoms. The van der Waals surface area contributed by atoms with Crippen LogP contribution in [0.5, 0.6) is 11.5 Å². The zero-order chi connectivity index (χ0) is 29.5. The van der Waals surface area contributed by atoms with Gasteiger partial charge in [0.2, 0.25) is 21.8 Å². The number of anilines is 1. The van der Waals surface area contributed by atoms with E-state index in [1.807, 2.05) is 58.0 Å². The molecular weight excluding hydrogens is 550 g/mol. The summed E-state index contributed by atoms with van der Waals surface area (Å²) in [5, 5.41) is 3.49. The number of sulfonamides is 1. The van der Waals surface area contributed by atoms with E-state index in [0.717, 1.165) is 16.1 Å². The van der Waals surface area contributed by atoms with Gasteiger partial charge in [-0.1, -0.05) is 48.9 Å². The van der Waals surface area contributed by atoms with Gasteiger partial charge in [-0.3, -0.25) is 13.9 Å². The molecule has 0 aromatic heterocycles. The Kier molecular flexibility index (Phi) is 10.2. The number of ether oxygens (including phenoxy) is 1. The molecule has 0 aliphatic carbocycles. The largest absolute Gasteiger partial charge is 0.457 e. The van der Waals surface area contributed by atoms with E-state index in [0.29, 0.717) is 28.6 Å². The predicted octanol–water partition coefficient (Wildman–Crippen LogP) is 5.62. The number of carbonyl (C=O) groups is 2. The van der Waals surface area contributed by atoms with Crippen molar-refractivity contribution in [1.29, 1.82) is 0 Å². The number of halogens is 1. The van der Waals surface area contributed by atoms with Crippen molar-refractivity contribution in [2.75, 3.05) is 17.1 Å². The number of para-hydroxylation sites is 1. The maximum Gasteiger partial charge on any atom is 0.244 e. The Morgan fingerprint density at radius 3 is 2.02 bits per heavy atom. The molecule has 0 aliphatic rings. The van der Waals surface area contributed by atoms with Crippen molar-refractivity contribution in [3.8, 4) is 11.5 Å². The summed E-state index contributed by atoms with van der Waals surface area (Å²) in [6.45, 7) is 7.02. The maximum atomic E-state index is 13.8. The van der Waals surface area contributed by atoms with Gasteiger partial charge >= 0.3 is 0 Å². The lowest BCUT2D eigenvalue weighted by Crippen LogP contribution is -2.55. The van der Waals surface area contributed by atoms with Crippen LogP contribution in [0, 0.1) is 0 Å². The van der Waals surface area contributed by atoms with Crippen molar-refractivity contribution < 1.29 is 22.7 Å². The van der Waals surface area contributed by atoms with Crippen molar-refractivity contribution in [3.05, 3.63) is 89.4 Å². The van der Waals surface area contributed by atoms with E-state index in [1.54, 1.807) is 48.5 Å². The lowest BCUT2D eigenvalue weighted by atomic mass is 10.1. The summed E-state index contributed by atoms with van der Waals surface area (Å²) in [5.74, 6) is 0.331. The molecule has 8 nitrogen and oxygen atoms in total. The molecule has 0 unspecified atom stereocenters. The second kappa shape index (κ2) is 13.2. The van der Waals surface area contributed by atoms with Crippen LogP contribution in [0.1, 0.15) is 39.7 Å². The van der Waals surface area contributed by atoms with Gasteiger partial charge in [0.25, 0.3) is 0 Å². The van der Waals surface area contributed by atoms with Gasteiger partial charge in [0, 0.05) is 17.1 Å². The molecule has 214 valence electrons. The van der Waals surface area contributed by atoms with Crippen LogP contribution >= 0.6 is 11.6 Å². The molecule has 1 atom stereocenters. The first-order valence-corrected chi connectivity index (χ1v) is 15.2. The van der Waals surface area contributed by atoms with Gasteiger partial charge in [0.15, 0.2) is 0 Å². The average molecular weight is 586 g/mol.